The van der Waals surface area contributed by atoms with Crippen molar-refractivity contribution in [3.05, 3.63) is 35.4 Å². The van der Waals surface area contributed by atoms with E-state index in [4.69, 9.17) is 14.2 Å². The van der Waals surface area contributed by atoms with Crippen LogP contribution < -0.4 is 10.6 Å². The first kappa shape index (κ1) is 24.7. The second-order valence-corrected chi connectivity index (χ2v) is 8.13. The van der Waals surface area contributed by atoms with Crippen molar-refractivity contribution in [2.24, 2.45) is 0 Å². The summed E-state index contributed by atoms with van der Waals surface area (Å²) in [7, 11) is 1.43. The lowest BCUT2D eigenvalue weighted by Gasteiger charge is -2.16. The highest BCUT2D eigenvalue weighted by Gasteiger charge is 2.42. The van der Waals surface area contributed by atoms with Crippen LogP contribution in [0.3, 0.4) is 0 Å². The third kappa shape index (κ3) is 5.45. The number of ether oxygens (including phenoxy) is 3. The Morgan fingerprint density at radius 2 is 2.11 bits per heavy atom. The number of halogens is 4. The minimum atomic E-state index is -4.71. The van der Waals surface area contributed by atoms with Crippen molar-refractivity contribution in [1.82, 2.24) is 29.9 Å². The molecule has 3 aromatic heterocycles. The second kappa shape index (κ2) is 9.65. The molecule has 0 spiro atoms. The maximum absolute atomic E-state index is 14.9. The van der Waals surface area contributed by atoms with Crippen molar-refractivity contribution in [3.8, 4) is 0 Å². The molecule has 11 nitrogen and oxygen atoms in total. The third-order valence-corrected chi connectivity index (χ3v) is 4.98. The lowest BCUT2D eigenvalue weighted by Crippen LogP contribution is -2.36. The van der Waals surface area contributed by atoms with Crippen LogP contribution in [-0.4, -0.2) is 62.7 Å². The molecule has 1 fully saturated rings. The molecule has 3 aromatic rings. The number of imidazole rings is 1. The van der Waals surface area contributed by atoms with Gasteiger partial charge in [-0.05, 0) is 13.8 Å². The van der Waals surface area contributed by atoms with Gasteiger partial charge in [0.2, 0.25) is 5.95 Å². The highest BCUT2D eigenvalue weighted by atomic mass is 19.4. The molecule has 1 saturated heterocycles. The van der Waals surface area contributed by atoms with E-state index in [1.165, 1.54) is 23.8 Å². The van der Waals surface area contributed by atoms with E-state index in [1.807, 2.05) is 0 Å². The fraction of sp³-hybridized carbons (Fsp3) is 0.500. The van der Waals surface area contributed by atoms with Crippen LogP contribution in [0.15, 0.2) is 18.3 Å². The summed E-state index contributed by atoms with van der Waals surface area (Å²) >= 11 is 0. The first-order chi connectivity index (χ1) is 16.5. The Bertz CT molecular complexity index is 1200. The van der Waals surface area contributed by atoms with E-state index in [-0.39, 0.29) is 42.4 Å². The van der Waals surface area contributed by atoms with Crippen molar-refractivity contribution in [2.45, 2.75) is 51.1 Å². The Hall–Kier alpha value is -3.46. The summed E-state index contributed by atoms with van der Waals surface area (Å²) in [6.07, 6.45) is -7.94. The summed E-state index contributed by atoms with van der Waals surface area (Å²) in [5.41, 5.74) is -0.559. The highest BCUT2D eigenvalue weighted by molar-refractivity contribution is 5.67. The van der Waals surface area contributed by atoms with Crippen LogP contribution >= 0.6 is 0 Å². The Kier molecular flexibility index (Phi) is 6.80. The van der Waals surface area contributed by atoms with Gasteiger partial charge in [-0.1, -0.05) is 0 Å². The van der Waals surface area contributed by atoms with Crippen molar-refractivity contribution in [1.29, 1.82) is 0 Å². The van der Waals surface area contributed by atoms with Gasteiger partial charge in [-0.2, -0.15) is 18.3 Å². The molecule has 3 N–H and O–H groups in total. The largest absolute Gasteiger partial charge is 0.441 e. The monoisotopic (exact) mass is 501 g/mol. The second-order valence-electron chi connectivity index (χ2n) is 8.13. The number of rotatable bonds is 7. The number of aromatic amines is 1. The Morgan fingerprint density at radius 1 is 1.34 bits per heavy atom. The zero-order valence-corrected chi connectivity index (χ0v) is 18.9. The summed E-state index contributed by atoms with van der Waals surface area (Å²) in [6, 6.07) is 2.00. The topological polar surface area (TPSA) is 128 Å². The van der Waals surface area contributed by atoms with Crippen molar-refractivity contribution >= 4 is 23.5 Å². The van der Waals surface area contributed by atoms with Crippen LogP contribution in [0.25, 0.3) is 5.65 Å². The van der Waals surface area contributed by atoms with Gasteiger partial charge in [0.1, 0.15) is 11.8 Å². The predicted octanol–water partition coefficient (Wildman–Crippen LogP) is 3.27. The molecule has 4 heterocycles. The molecule has 0 unspecified atom stereocenters. The minimum absolute atomic E-state index is 0.000229. The Labute approximate surface area is 196 Å². The molecule has 0 aliphatic carbocycles. The van der Waals surface area contributed by atoms with Gasteiger partial charge in [0, 0.05) is 31.5 Å². The molecule has 15 heteroatoms. The molecule has 1 aliphatic rings. The fourth-order valence-electron chi connectivity index (χ4n) is 3.50. The number of anilines is 2. The zero-order chi connectivity index (χ0) is 25.3. The van der Waals surface area contributed by atoms with E-state index in [2.05, 4.69) is 30.8 Å². The van der Waals surface area contributed by atoms with Crippen LogP contribution in [-0.2, 0) is 27.0 Å². The van der Waals surface area contributed by atoms with Gasteiger partial charge in [0.05, 0.1) is 24.6 Å². The van der Waals surface area contributed by atoms with Crippen LogP contribution in [0.2, 0.25) is 0 Å². The third-order valence-electron chi connectivity index (χ3n) is 4.98. The van der Waals surface area contributed by atoms with Crippen LogP contribution in [0.1, 0.15) is 37.0 Å². The van der Waals surface area contributed by atoms with Gasteiger partial charge in [0.25, 0.3) is 0 Å². The minimum Gasteiger partial charge on any atom is -0.441 e. The molecule has 35 heavy (non-hydrogen) atoms. The normalized spacial score (nSPS) is 20.5. The zero-order valence-electron chi connectivity index (χ0n) is 18.9. The number of hydrogen-bond acceptors (Lipinski definition) is 8. The number of aromatic nitrogens is 5. The number of H-pyrrole nitrogens is 1. The van der Waals surface area contributed by atoms with Crippen LogP contribution in [0.5, 0.6) is 0 Å². The SMILES string of the molecule is COCc1cn2c(Nc3cc([C@@H]4OC[C@H](OC(=O)NC(C)C)[C@H]4F)[nH]n3)nc(C(F)(F)F)cc2n1. The van der Waals surface area contributed by atoms with Gasteiger partial charge in [-0.15, -0.1) is 0 Å². The van der Waals surface area contributed by atoms with Crippen LogP contribution in [0.4, 0.5) is 34.1 Å². The van der Waals surface area contributed by atoms with Crippen molar-refractivity contribution in [2.75, 3.05) is 19.0 Å². The van der Waals surface area contributed by atoms with E-state index in [0.717, 1.165) is 6.07 Å². The number of nitrogens with zero attached hydrogens (tertiary/aromatic N) is 4. The molecule has 0 aromatic carbocycles. The lowest BCUT2D eigenvalue weighted by molar-refractivity contribution is -0.141. The maximum Gasteiger partial charge on any atom is 0.433 e. The summed E-state index contributed by atoms with van der Waals surface area (Å²) in [6.45, 7) is 3.38. The van der Waals surface area contributed by atoms with Crippen molar-refractivity contribution < 1.29 is 36.6 Å². The fourth-order valence-corrected chi connectivity index (χ4v) is 3.50. The number of alkyl carbamates (subject to hydrolysis) is 1. The standard InChI is InChI=1S/C20H23F4N7O4/c1-9(2)25-19(32)35-12-8-34-17(16(12)21)11-4-14(30-29-11)28-18-27-13(20(22,23)24)5-15-26-10(7-33-3)6-31(15)18/h4-6,9,12,16-17H,7-8H2,1-3H3,(H,25,32)(H2,27,28,29,30)/t12-,16+,17-/m0/s1. The maximum atomic E-state index is 14.9. The van der Waals surface area contributed by atoms with Gasteiger partial charge < -0.3 is 24.8 Å². The number of carbonyl (C=O) groups is 1. The Balaban J connectivity index is 1.54. The number of methoxy groups -OCH3 is 1. The first-order valence-corrected chi connectivity index (χ1v) is 10.6. The summed E-state index contributed by atoms with van der Waals surface area (Å²) in [4.78, 5) is 19.5. The van der Waals surface area contributed by atoms with Gasteiger partial charge >= 0.3 is 12.3 Å². The van der Waals surface area contributed by atoms with E-state index in [0.29, 0.717) is 5.69 Å². The molecule has 0 saturated carbocycles. The summed E-state index contributed by atoms with van der Waals surface area (Å²) in [5.74, 6) is -0.147. The molecular weight excluding hydrogens is 478 g/mol. The summed E-state index contributed by atoms with van der Waals surface area (Å²) < 4.78 is 71.8. The number of nitrogens with one attached hydrogen (secondary N) is 3. The van der Waals surface area contributed by atoms with Gasteiger partial charge in [0.15, 0.2) is 23.8 Å². The smallest absolute Gasteiger partial charge is 0.433 e. The van der Waals surface area contributed by atoms with Crippen LogP contribution in [0, 0.1) is 0 Å². The highest BCUT2D eigenvalue weighted by Crippen LogP contribution is 2.34. The van der Waals surface area contributed by atoms with E-state index in [1.54, 1.807) is 13.8 Å². The molecule has 1 amide bonds. The molecule has 1 aliphatic heterocycles. The molecule has 4 rings (SSSR count). The number of hydrogen-bond donors (Lipinski definition) is 3. The van der Waals surface area contributed by atoms with Gasteiger partial charge in [-0.3, -0.25) is 9.50 Å². The van der Waals surface area contributed by atoms with Crippen molar-refractivity contribution in [3.63, 3.8) is 0 Å². The number of alkyl halides is 4. The first-order valence-electron chi connectivity index (χ1n) is 10.6. The van der Waals surface area contributed by atoms with E-state index < -0.39 is 36.3 Å². The Morgan fingerprint density at radius 3 is 2.80 bits per heavy atom. The molecule has 0 radical (unpaired) electrons. The van der Waals surface area contributed by atoms with Gasteiger partial charge in [-0.25, -0.2) is 19.2 Å². The molecule has 0 bridgehead atoms. The summed E-state index contributed by atoms with van der Waals surface area (Å²) in [5, 5.41) is 11.8. The van der Waals surface area contributed by atoms with E-state index in [9.17, 15) is 22.4 Å². The van der Waals surface area contributed by atoms with E-state index >= 15 is 0 Å². The molecule has 190 valence electrons. The quantitative estimate of drug-likeness (QED) is 0.421. The average molecular weight is 501 g/mol. The predicted molar refractivity (Wildman–Crippen MR) is 113 cm³/mol. The molecular formula is C20H23F4N7O4. The number of amides is 1. The number of fused-ring (bicyclic) bond motifs is 1. The lowest BCUT2D eigenvalue weighted by atomic mass is 10.1. The number of carbonyl (C=O) groups excluding carboxylic acids is 1. The molecule has 3 atom stereocenters. The average Bonchev–Trinajstić information content (AvgIpc) is 3.46.